The summed E-state index contributed by atoms with van der Waals surface area (Å²) in [5.41, 5.74) is -0.356. The molecule has 1 aliphatic rings. The van der Waals surface area contributed by atoms with E-state index in [2.05, 4.69) is 12.2 Å². The summed E-state index contributed by atoms with van der Waals surface area (Å²) in [5.74, 6) is 0.0522. The van der Waals surface area contributed by atoms with E-state index in [0.29, 0.717) is 6.04 Å². The van der Waals surface area contributed by atoms with Gasteiger partial charge in [0.25, 0.3) is 0 Å². The summed E-state index contributed by atoms with van der Waals surface area (Å²) < 4.78 is 5.36. The molecule has 0 radical (unpaired) electrons. The third-order valence-electron chi connectivity index (χ3n) is 2.36. The van der Waals surface area contributed by atoms with E-state index in [-0.39, 0.29) is 17.5 Å². The summed E-state index contributed by atoms with van der Waals surface area (Å²) >= 11 is 0. The van der Waals surface area contributed by atoms with Gasteiger partial charge >= 0.3 is 5.97 Å². The molecule has 2 atom stereocenters. The normalized spacial score (nSPS) is 28.6. The Kier molecular flexibility index (Phi) is 3.53. The van der Waals surface area contributed by atoms with Crippen molar-refractivity contribution in [3.63, 3.8) is 0 Å². The molecule has 0 aromatic carbocycles. The van der Waals surface area contributed by atoms with Crippen molar-refractivity contribution in [1.82, 2.24) is 5.32 Å². The van der Waals surface area contributed by atoms with Gasteiger partial charge in [-0.25, -0.2) is 0 Å². The van der Waals surface area contributed by atoms with E-state index in [4.69, 9.17) is 4.74 Å². The molecule has 0 aromatic rings. The number of rotatable bonds is 1. The van der Waals surface area contributed by atoms with Crippen LogP contribution in [0.1, 0.15) is 40.5 Å². The molecule has 1 N–H and O–H groups in total. The Morgan fingerprint density at radius 2 is 2.07 bits per heavy atom. The minimum absolute atomic E-state index is 0.0362. The van der Waals surface area contributed by atoms with Crippen LogP contribution in [0, 0.1) is 5.92 Å². The predicted molar refractivity (Wildman–Crippen MR) is 56.0 cm³/mol. The van der Waals surface area contributed by atoms with Crippen LogP contribution in [0.25, 0.3) is 0 Å². The molecule has 0 spiro atoms. The van der Waals surface area contributed by atoms with Gasteiger partial charge in [0.2, 0.25) is 0 Å². The van der Waals surface area contributed by atoms with Crippen LogP contribution in [0.3, 0.4) is 0 Å². The highest BCUT2D eigenvalue weighted by atomic mass is 16.6. The van der Waals surface area contributed by atoms with Crippen molar-refractivity contribution >= 4 is 5.97 Å². The maximum atomic E-state index is 11.7. The maximum absolute atomic E-state index is 11.7. The van der Waals surface area contributed by atoms with E-state index in [1.165, 1.54) is 0 Å². The van der Waals surface area contributed by atoms with Gasteiger partial charge in [0, 0.05) is 6.04 Å². The Morgan fingerprint density at radius 1 is 1.43 bits per heavy atom. The molecule has 1 aliphatic heterocycles. The number of carbonyl (C=O) groups excluding carboxylic acids is 1. The van der Waals surface area contributed by atoms with Crippen LogP contribution in [0.2, 0.25) is 0 Å². The first-order valence-electron chi connectivity index (χ1n) is 5.35. The maximum Gasteiger partial charge on any atom is 0.309 e. The molecule has 0 aromatic heterocycles. The third kappa shape index (κ3) is 3.66. The summed E-state index contributed by atoms with van der Waals surface area (Å²) in [4.78, 5) is 11.7. The number of carbonyl (C=O) groups is 1. The molecule has 3 nitrogen and oxygen atoms in total. The molecule has 0 unspecified atom stereocenters. The minimum atomic E-state index is -0.356. The Balaban J connectivity index is 2.44. The van der Waals surface area contributed by atoms with Gasteiger partial charge in [0.15, 0.2) is 0 Å². The zero-order valence-electron chi connectivity index (χ0n) is 9.59. The van der Waals surface area contributed by atoms with Gasteiger partial charge in [-0.2, -0.15) is 0 Å². The lowest BCUT2D eigenvalue weighted by atomic mass is 9.93. The molecule has 1 fully saturated rings. The number of nitrogens with one attached hydrogen (secondary N) is 1. The zero-order chi connectivity index (χ0) is 10.8. The highest BCUT2D eigenvalue weighted by molar-refractivity contribution is 5.73. The topological polar surface area (TPSA) is 38.3 Å². The lowest BCUT2D eigenvalue weighted by molar-refractivity contribution is -0.161. The molecule has 1 saturated heterocycles. The summed E-state index contributed by atoms with van der Waals surface area (Å²) in [6.07, 6.45) is 1.80. The monoisotopic (exact) mass is 199 g/mol. The molecule has 0 aliphatic carbocycles. The lowest BCUT2D eigenvalue weighted by Gasteiger charge is -2.29. The second-order valence-corrected chi connectivity index (χ2v) is 5.11. The average molecular weight is 199 g/mol. The molecule has 1 rings (SSSR count). The highest BCUT2D eigenvalue weighted by Gasteiger charge is 2.28. The van der Waals surface area contributed by atoms with Crippen LogP contribution >= 0.6 is 0 Å². The van der Waals surface area contributed by atoms with Crippen molar-refractivity contribution in [3.05, 3.63) is 0 Å². The second-order valence-electron chi connectivity index (χ2n) is 5.11. The summed E-state index contributed by atoms with van der Waals surface area (Å²) in [6, 6.07) is 0.432. The van der Waals surface area contributed by atoms with Crippen LogP contribution in [0.5, 0.6) is 0 Å². The largest absolute Gasteiger partial charge is 0.460 e. The molecule has 0 bridgehead atoms. The molecule has 1 heterocycles. The number of ether oxygens (including phenoxy) is 1. The Bertz CT molecular complexity index is 208. The number of hydrogen-bond acceptors (Lipinski definition) is 3. The van der Waals surface area contributed by atoms with Gasteiger partial charge in [-0.3, -0.25) is 4.79 Å². The predicted octanol–water partition coefficient (Wildman–Crippen LogP) is 1.72. The molecule has 14 heavy (non-hydrogen) atoms. The first-order chi connectivity index (χ1) is 6.38. The van der Waals surface area contributed by atoms with E-state index in [1.807, 2.05) is 20.8 Å². The van der Waals surface area contributed by atoms with E-state index in [9.17, 15) is 4.79 Å². The van der Waals surface area contributed by atoms with Gasteiger partial charge in [-0.15, -0.1) is 0 Å². The summed E-state index contributed by atoms with van der Waals surface area (Å²) in [7, 11) is 0. The van der Waals surface area contributed by atoms with Crippen molar-refractivity contribution < 1.29 is 9.53 Å². The molecule has 0 saturated carbocycles. The van der Waals surface area contributed by atoms with Gasteiger partial charge in [0.1, 0.15) is 5.60 Å². The number of hydrogen-bond donors (Lipinski definition) is 1. The zero-order valence-corrected chi connectivity index (χ0v) is 9.59. The molecule has 0 amide bonds. The van der Waals surface area contributed by atoms with Gasteiger partial charge in [-0.05, 0) is 47.1 Å². The fourth-order valence-electron chi connectivity index (χ4n) is 1.73. The van der Waals surface area contributed by atoms with Gasteiger partial charge in [-0.1, -0.05) is 0 Å². The van der Waals surface area contributed by atoms with E-state index < -0.39 is 0 Å². The smallest absolute Gasteiger partial charge is 0.309 e. The van der Waals surface area contributed by atoms with Gasteiger partial charge < -0.3 is 10.1 Å². The fourth-order valence-corrected chi connectivity index (χ4v) is 1.73. The van der Waals surface area contributed by atoms with Crippen LogP contribution in [-0.2, 0) is 9.53 Å². The highest BCUT2D eigenvalue weighted by Crippen LogP contribution is 2.20. The Hall–Kier alpha value is -0.570. The van der Waals surface area contributed by atoms with Crippen molar-refractivity contribution in [2.45, 2.75) is 52.2 Å². The second kappa shape index (κ2) is 4.30. The van der Waals surface area contributed by atoms with Crippen molar-refractivity contribution in [2.75, 3.05) is 6.54 Å². The number of piperidine rings is 1. The minimum Gasteiger partial charge on any atom is -0.460 e. The lowest BCUT2D eigenvalue weighted by Crippen LogP contribution is -2.40. The first-order valence-corrected chi connectivity index (χ1v) is 5.35. The molecular formula is C11H21NO2. The van der Waals surface area contributed by atoms with Crippen LogP contribution < -0.4 is 5.32 Å². The fraction of sp³-hybridized carbons (Fsp3) is 0.909. The van der Waals surface area contributed by atoms with E-state index >= 15 is 0 Å². The SMILES string of the molecule is C[C@@H]1C[C@H](C(=O)OC(C)(C)C)CCN1. The van der Waals surface area contributed by atoms with E-state index in [1.54, 1.807) is 0 Å². The standard InChI is InChI=1S/C11H21NO2/c1-8-7-9(5-6-12-8)10(13)14-11(2,3)4/h8-9,12H,5-7H2,1-4H3/t8-,9-/m1/s1. The van der Waals surface area contributed by atoms with Crippen molar-refractivity contribution in [3.8, 4) is 0 Å². The van der Waals surface area contributed by atoms with Crippen LogP contribution in [0.4, 0.5) is 0 Å². The summed E-state index contributed by atoms with van der Waals surface area (Å²) in [5, 5.41) is 3.32. The van der Waals surface area contributed by atoms with Gasteiger partial charge in [0.05, 0.1) is 5.92 Å². The third-order valence-corrected chi connectivity index (χ3v) is 2.36. The van der Waals surface area contributed by atoms with Crippen molar-refractivity contribution in [2.24, 2.45) is 5.92 Å². The molecular weight excluding hydrogens is 178 g/mol. The first kappa shape index (κ1) is 11.5. The molecule has 82 valence electrons. The van der Waals surface area contributed by atoms with E-state index in [0.717, 1.165) is 19.4 Å². The van der Waals surface area contributed by atoms with Crippen molar-refractivity contribution in [1.29, 1.82) is 0 Å². The quantitative estimate of drug-likeness (QED) is 0.653. The Morgan fingerprint density at radius 3 is 2.57 bits per heavy atom. The molecule has 3 heteroatoms. The van der Waals surface area contributed by atoms with Crippen LogP contribution in [-0.4, -0.2) is 24.2 Å². The average Bonchev–Trinajstić information content (AvgIpc) is 2.01. The summed E-state index contributed by atoms with van der Waals surface area (Å²) in [6.45, 7) is 8.77. The Labute approximate surface area is 86.2 Å². The number of esters is 1. The van der Waals surface area contributed by atoms with Crippen LogP contribution in [0.15, 0.2) is 0 Å².